The van der Waals surface area contributed by atoms with Crippen LogP contribution in [0.2, 0.25) is 0 Å². The van der Waals surface area contributed by atoms with Crippen LogP contribution in [0.25, 0.3) is 0 Å². The standard InChI is InChI=1S/C14H18F4N2O3S/c1-7(20-24(22)13(2,3)4)8-5-9(14(16,17)18)11(15)10(6-8)23-12(19)21/h5-7,20H,1-4H3,(H2,19,21)/t7?,24-/m1/s1. The van der Waals surface area contributed by atoms with Crippen molar-refractivity contribution < 1.29 is 31.6 Å². The molecule has 0 saturated carbocycles. The normalized spacial score (nSPS) is 15.0. The molecular weight excluding hydrogens is 352 g/mol. The van der Waals surface area contributed by atoms with E-state index in [2.05, 4.69) is 9.46 Å². The van der Waals surface area contributed by atoms with Crippen LogP contribution in [0, 0.1) is 5.82 Å². The maximum absolute atomic E-state index is 13.9. The third-order valence-electron chi connectivity index (χ3n) is 2.92. The van der Waals surface area contributed by atoms with Crippen LogP contribution in [0.5, 0.6) is 5.75 Å². The lowest BCUT2D eigenvalue weighted by molar-refractivity contribution is -0.140. The van der Waals surface area contributed by atoms with Crippen molar-refractivity contribution >= 4 is 17.5 Å². The Hall–Kier alpha value is -1.52. The third-order valence-corrected chi connectivity index (χ3v) is 4.60. The first-order valence-electron chi connectivity index (χ1n) is 6.79. The van der Waals surface area contributed by atoms with Gasteiger partial charge < -0.3 is 15.0 Å². The van der Waals surface area contributed by atoms with Crippen LogP contribution in [0.4, 0.5) is 22.4 Å². The molecular formula is C14H18F4N2O3S. The molecule has 1 unspecified atom stereocenters. The van der Waals surface area contributed by atoms with Gasteiger partial charge in [-0.05, 0) is 45.4 Å². The maximum Gasteiger partial charge on any atom is 0.419 e. The van der Waals surface area contributed by atoms with Crippen molar-refractivity contribution in [2.24, 2.45) is 5.73 Å². The monoisotopic (exact) mass is 370 g/mol. The predicted molar refractivity (Wildman–Crippen MR) is 81.1 cm³/mol. The zero-order valence-corrected chi connectivity index (χ0v) is 14.3. The second-order valence-corrected chi connectivity index (χ2v) is 8.02. The van der Waals surface area contributed by atoms with Crippen LogP contribution in [0.3, 0.4) is 0 Å². The second-order valence-electron chi connectivity index (χ2n) is 6.02. The number of hydrogen-bond donors (Lipinski definition) is 2. The molecule has 0 aliphatic carbocycles. The van der Waals surface area contributed by atoms with Crippen LogP contribution >= 0.6 is 0 Å². The Morgan fingerprint density at radius 3 is 2.29 bits per heavy atom. The summed E-state index contributed by atoms with van der Waals surface area (Å²) in [4.78, 5) is 10.8. The first-order chi connectivity index (χ1) is 10.7. The van der Waals surface area contributed by atoms with Gasteiger partial charge in [-0.1, -0.05) is 0 Å². The van der Waals surface area contributed by atoms with Gasteiger partial charge in [0.25, 0.3) is 0 Å². The summed E-state index contributed by atoms with van der Waals surface area (Å²) in [5, 5.41) is 0. The van der Waals surface area contributed by atoms with E-state index in [9.17, 15) is 26.9 Å². The van der Waals surface area contributed by atoms with Gasteiger partial charge in [0.2, 0.25) is 0 Å². The van der Waals surface area contributed by atoms with E-state index in [-0.39, 0.29) is 5.56 Å². The molecule has 0 saturated heterocycles. The van der Waals surface area contributed by atoms with Gasteiger partial charge >= 0.3 is 12.3 Å². The second kappa shape index (κ2) is 7.16. The molecule has 0 spiro atoms. The molecule has 0 heterocycles. The molecule has 1 aromatic carbocycles. The molecule has 24 heavy (non-hydrogen) atoms. The summed E-state index contributed by atoms with van der Waals surface area (Å²) in [7, 11) is 0. The quantitative estimate of drug-likeness (QED) is 0.628. The average molecular weight is 370 g/mol. The largest absolute Gasteiger partial charge is 0.598 e. The lowest BCUT2D eigenvalue weighted by Gasteiger charge is -2.27. The molecule has 1 rings (SSSR count). The molecule has 2 atom stereocenters. The molecule has 0 aromatic heterocycles. The lowest BCUT2D eigenvalue weighted by Crippen LogP contribution is -2.40. The number of carbonyl (C=O) groups excluding carboxylic acids is 1. The number of ether oxygens (including phenoxy) is 1. The van der Waals surface area contributed by atoms with E-state index < -0.39 is 51.6 Å². The number of halogens is 4. The molecule has 0 aliphatic heterocycles. The Morgan fingerprint density at radius 2 is 1.88 bits per heavy atom. The van der Waals surface area contributed by atoms with Gasteiger partial charge in [0, 0.05) is 11.4 Å². The lowest BCUT2D eigenvalue weighted by atomic mass is 10.0. The van der Waals surface area contributed by atoms with Crippen molar-refractivity contribution in [1.29, 1.82) is 0 Å². The van der Waals surface area contributed by atoms with E-state index in [1.165, 1.54) is 6.92 Å². The first kappa shape index (κ1) is 20.5. The molecule has 136 valence electrons. The molecule has 0 bridgehead atoms. The molecule has 10 heteroatoms. The summed E-state index contributed by atoms with van der Waals surface area (Å²) in [5.74, 6) is -2.68. The van der Waals surface area contributed by atoms with Crippen molar-refractivity contribution in [3.05, 3.63) is 29.1 Å². The number of rotatable bonds is 4. The Labute approximate surface area is 139 Å². The zero-order valence-electron chi connectivity index (χ0n) is 13.5. The fourth-order valence-corrected chi connectivity index (χ4v) is 2.47. The zero-order chi connectivity index (χ0) is 18.9. The fraction of sp³-hybridized carbons (Fsp3) is 0.500. The topological polar surface area (TPSA) is 87.4 Å². The Bertz CT molecular complexity index is 617. The number of benzene rings is 1. The van der Waals surface area contributed by atoms with Crippen molar-refractivity contribution in [3.8, 4) is 5.75 Å². The van der Waals surface area contributed by atoms with Gasteiger partial charge in [-0.25, -0.2) is 9.18 Å². The van der Waals surface area contributed by atoms with E-state index in [1.54, 1.807) is 20.8 Å². The molecule has 0 fully saturated rings. The van der Waals surface area contributed by atoms with E-state index >= 15 is 0 Å². The first-order valence-corrected chi connectivity index (χ1v) is 7.94. The summed E-state index contributed by atoms with van der Waals surface area (Å²) >= 11 is -1.58. The Morgan fingerprint density at radius 1 is 1.33 bits per heavy atom. The number of nitrogens with one attached hydrogen (secondary N) is 1. The number of primary amides is 1. The highest BCUT2D eigenvalue weighted by Crippen LogP contribution is 2.37. The predicted octanol–water partition coefficient (Wildman–Crippen LogP) is 3.41. The van der Waals surface area contributed by atoms with Crippen molar-refractivity contribution in [2.45, 2.75) is 44.7 Å². The van der Waals surface area contributed by atoms with Crippen LogP contribution < -0.4 is 15.2 Å². The average Bonchev–Trinajstić information content (AvgIpc) is 2.37. The minimum Gasteiger partial charge on any atom is -0.598 e. The Kier molecular flexibility index (Phi) is 6.12. The minimum atomic E-state index is -5.00. The molecule has 3 N–H and O–H groups in total. The van der Waals surface area contributed by atoms with Gasteiger partial charge in [-0.2, -0.15) is 13.2 Å². The molecule has 1 aromatic rings. The van der Waals surface area contributed by atoms with Crippen LogP contribution in [0.15, 0.2) is 12.1 Å². The number of nitrogens with two attached hydrogens (primary N) is 1. The summed E-state index contributed by atoms with van der Waals surface area (Å²) in [6, 6.07) is 0.648. The van der Waals surface area contributed by atoms with Crippen molar-refractivity contribution in [1.82, 2.24) is 4.72 Å². The van der Waals surface area contributed by atoms with E-state index in [0.717, 1.165) is 6.07 Å². The van der Waals surface area contributed by atoms with Crippen LogP contribution in [-0.2, 0) is 17.5 Å². The number of amides is 1. The number of hydrogen-bond acceptors (Lipinski definition) is 4. The summed E-state index contributed by atoms with van der Waals surface area (Å²) in [6.45, 7) is 6.48. The van der Waals surface area contributed by atoms with Gasteiger partial charge in [0.1, 0.15) is 4.75 Å². The smallest absolute Gasteiger partial charge is 0.419 e. The Balaban J connectivity index is 3.30. The van der Waals surface area contributed by atoms with E-state index in [1.807, 2.05) is 0 Å². The van der Waals surface area contributed by atoms with Crippen LogP contribution in [-0.4, -0.2) is 15.4 Å². The highest BCUT2D eigenvalue weighted by molar-refractivity contribution is 7.90. The van der Waals surface area contributed by atoms with Gasteiger partial charge in [-0.15, -0.1) is 4.72 Å². The molecule has 5 nitrogen and oxygen atoms in total. The van der Waals surface area contributed by atoms with Crippen molar-refractivity contribution in [2.75, 3.05) is 0 Å². The molecule has 1 amide bonds. The van der Waals surface area contributed by atoms with E-state index in [0.29, 0.717) is 6.07 Å². The fourth-order valence-electron chi connectivity index (χ4n) is 1.66. The van der Waals surface area contributed by atoms with Crippen LogP contribution in [0.1, 0.15) is 44.9 Å². The SMILES string of the molecule is CC(N[S@+]([O-])C(C)(C)C)c1cc(OC(N)=O)c(F)c(C(F)(F)F)c1. The maximum atomic E-state index is 13.9. The summed E-state index contributed by atoms with van der Waals surface area (Å²) in [6.07, 6.45) is -6.45. The number of carbonyl (C=O) groups is 1. The highest BCUT2D eigenvalue weighted by atomic mass is 32.2. The third kappa shape index (κ3) is 5.25. The van der Waals surface area contributed by atoms with Gasteiger partial charge in [0.05, 0.1) is 11.6 Å². The number of alkyl halides is 3. The van der Waals surface area contributed by atoms with Crippen molar-refractivity contribution in [3.63, 3.8) is 0 Å². The highest BCUT2D eigenvalue weighted by Gasteiger charge is 2.37. The summed E-state index contributed by atoms with van der Waals surface area (Å²) < 4.78 is 71.1. The van der Waals surface area contributed by atoms with E-state index in [4.69, 9.17) is 5.73 Å². The summed E-state index contributed by atoms with van der Waals surface area (Å²) in [5.41, 5.74) is 3.08. The molecule has 0 aliphatic rings. The van der Waals surface area contributed by atoms with Gasteiger partial charge in [0.15, 0.2) is 11.6 Å². The molecule has 0 radical (unpaired) electrons. The minimum absolute atomic E-state index is 0.0578. The van der Waals surface area contributed by atoms with Gasteiger partial charge in [-0.3, -0.25) is 0 Å².